The fraction of sp³-hybridized carbons (Fsp3) is 1.00. The predicted molar refractivity (Wildman–Crippen MR) is 90.9 cm³/mol. The molecule has 7 heteroatoms. The van der Waals surface area contributed by atoms with Gasteiger partial charge in [-0.2, -0.15) is 0 Å². The molecule has 0 aromatic carbocycles. The van der Waals surface area contributed by atoms with Crippen LogP contribution in [0.15, 0.2) is 0 Å². The summed E-state index contributed by atoms with van der Waals surface area (Å²) in [6.45, 7) is 3.05. The summed E-state index contributed by atoms with van der Waals surface area (Å²) in [5, 5.41) is 12.1. The van der Waals surface area contributed by atoms with Crippen LogP contribution in [0, 0.1) is 0 Å². The van der Waals surface area contributed by atoms with Gasteiger partial charge in [0.1, 0.15) is 13.2 Å². The highest BCUT2D eigenvalue weighted by Gasteiger charge is 2.20. The van der Waals surface area contributed by atoms with E-state index >= 15 is 0 Å². The highest BCUT2D eigenvalue weighted by atomic mass is 31.2. The second-order valence-corrected chi connectivity index (χ2v) is 8.29. The van der Waals surface area contributed by atoms with Crippen LogP contribution < -0.4 is 5.11 Å². The van der Waals surface area contributed by atoms with Crippen molar-refractivity contribution >= 4 is 7.82 Å². The van der Waals surface area contributed by atoms with E-state index in [1.807, 2.05) is 14.1 Å². The van der Waals surface area contributed by atoms with Gasteiger partial charge in [0.15, 0.2) is 0 Å². The largest absolute Gasteiger partial charge is 0.848 e. The Labute approximate surface area is 141 Å². The zero-order chi connectivity index (χ0) is 17.8. The lowest BCUT2D eigenvalue weighted by atomic mass is 10.1. The number of quaternary nitrogens is 1. The van der Waals surface area contributed by atoms with Crippen molar-refractivity contribution in [2.24, 2.45) is 0 Å². The van der Waals surface area contributed by atoms with Gasteiger partial charge in [0.25, 0.3) is 0 Å². The lowest BCUT2D eigenvalue weighted by Gasteiger charge is -2.36. The van der Waals surface area contributed by atoms with E-state index in [1.54, 1.807) is 0 Å². The van der Waals surface area contributed by atoms with Crippen molar-refractivity contribution in [2.75, 3.05) is 33.8 Å². The number of unbranched alkanes of at least 4 members (excludes halogenated alkanes) is 7. The van der Waals surface area contributed by atoms with E-state index in [2.05, 4.69) is 11.4 Å². The Hall–Kier alpha value is 0.0300. The maximum Gasteiger partial charge on any atom is 0.469 e. The molecular formula is C16H36NO5P. The van der Waals surface area contributed by atoms with Crippen LogP contribution in [0.4, 0.5) is 0 Å². The third-order valence-electron chi connectivity index (χ3n) is 4.03. The minimum absolute atomic E-state index is 0.0399. The topological polar surface area (TPSA) is 89.8 Å². The van der Waals surface area contributed by atoms with Gasteiger partial charge in [-0.1, -0.05) is 70.8 Å². The monoisotopic (exact) mass is 353 g/mol. The molecule has 0 radical (unpaired) electrons. The summed E-state index contributed by atoms with van der Waals surface area (Å²) >= 11 is 0. The lowest BCUT2D eigenvalue weighted by Crippen LogP contribution is -2.50. The summed E-state index contributed by atoms with van der Waals surface area (Å²) in [4.78, 5) is 17.3. The number of phosphoric acid groups is 1. The average Bonchev–Trinajstić information content (AvgIpc) is 2.39. The molecule has 6 nitrogen and oxygen atoms in total. The van der Waals surface area contributed by atoms with Gasteiger partial charge in [-0.25, -0.2) is 4.57 Å². The quantitative estimate of drug-likeness (QED) is 0.268. The van der Waals surface area contributed by atoms with Gasteiger partial charge in [-0.05, 0) is 0 Å². The van der Waals surface area contributed by atoms with Crippen molar-refractivity contribution in [2.45, 2.75) is 70.8 Å². The Balaban J connectivity index is 3.66. The molecule has 0 aliphatic rings. The maximum absolute atomic E-state index is 12.1. The Morgan fingerprint density at radius 1 is 1.04 bits per heavy atom. The third kappa shape index (κ3) is 16.7. The number of hydrogen-bond acceptors (Lipinski definition) is 3. The van der Waals surface area contributed by atoms with Crippen LogP contribution in [0.1, 0.15) is 64.7 Å². The molecule has 1 atom stereocenters. The van der Waals surface area contributed by atoms with Crippen molar-refractivity contribution < 1.29 is 28.5 Å². The second-order valence-electron chi connectivity index (χ2n) is 7.05. The highest BCUT2D eigenvalue weighted by molar-refractivity contribution is 7.46. The number of rotatable bonds is 15. The number of likely N-dealkylation sites (N-methyl/N-ethyl adjacent to an activating group) is 1. The molecule has 0 saturated carbocycles. The third-order valence-corrected chi connectivity index (χ3v) is 4.55. The van der Waals surface area contributed by atoms with E-state index in [-0.39, 0.29) is 6.61 Å². The molecule has 0 amide bonds. The zero-order valence-electron chi connectivity index (χ0n) is 15.1. The standard InChI is InChI=1S/C16H36NO5P/c1-4-5-6-7-8-9-10-11-12-16(18)15-17(2,3)13-14-22-23(19,20)21/h16H,4-15H2,1-3H3,(H2,19,20,21). The van der Waals surface area contributed by atoms with Crippen LogP contribution in [0.2, 0.25) is 0 Å². The first-order valence-corrected chi connectivity index (χ1v) is 10.4. The van der Waals surface area contributed by atoms with Crippen LogP contribution >= 0.6 is 7.82 Å². The van der Waals surface area contributed by atoms with E-state index < -0.39 is 13.9 Å². The van der Waals surface area contributed by atoms with Crippen LogP contribution in [0.5, 0.6) is 0 Å². The predicted octanol–water partition coefficient (Wildman–Crippen LogP) is 2.43. The van der Waals surface area contributed by atoms with Gasteiger partial charge in [-0.15, -0.1) is 0 Å². The average molecular weight is 353 g/mol. The van der Waals surface area contributed by atoms with Gasteiger partial charge in [0.05, 0.1) is 20.6 Å². The molecule has 0 aromatic heterocycles. The molecule has 0 saturated heterocycles. The molecule has 0 aromatic rings. The van der Waals surface area contributed by atoms with Crippen LogP contribution in [-0.2, 0) is 9.09 Å². The summed E-state index contributed by atoms with van der Waals surface area (Å²) in [5.74, 6) is 0. The summed E-state index contributed by atoms with van der Waals surface area (Å²) < 4.78 is 15.5. The van der Waals surface area contributed by atoms with E-state index in [1.165, 1.54) is 38.5 Å². The van der Waals surface area contributed by atoms with E-state index in [0.717, 1.165) is 12.8 Å². The number of hydrogen-bond donors (Lipinski definition) is 2. The van der Waals surface area contributed by atoms with E-state index in [0.29, 0.717) is 24.0 Å². The molecule has 0 aliphatic heterocycles. The van der Waals surface area contributed by atoms with Gasteiger partial charge in [0.2, 0.25) is 0 Å². The molecule has 23 heavy (non-hydrogen) atoms. The molecule has 0 rings (SSSR count). The van der Waals surface area contributed by atoms with Crippen LogP contribution in [0.3, 0.4) is 0 Å². The van der Waals surface area contributed by atoms with E-state index in [9.17, 15) is 9.67 Å². The minimum Gasteiger partial charge on any atom is -0.848 e. The smallest absolute Gasteiger partial charge is 0.469 e. The molecule has 0 aliphatic carbocycles. The Morgan fingerprint density at radius 3 is 2.09 bits per heavy atom. The van der Waals surface area contributed by atoms with Crippen molar-refractivity contribution in [3.05, 3.63) is 0 Å². The Bertz CT molecular complexity index is 332. The molecule has 2 N–H and O–H groups in total. The summed E-state index contributed by atoms with van der Waals surface area (Å²) in [5.41, 5.74) is 0. The van der Waals surface area contributed by atoms with Crippen LogP contribution in [0.25, 0.3) is 0 Å². The van der Waals surface area contributed by atoms with Gasteiger partial charge < -0.3 is 19.4 Å². The summed E-state index contributed by atoms with van der Waals surface area (Å²) in [7, 11) is -0.629. The summed E-state index contributed by atoms with van der Waals surface area (Å²) in [6, 6.07) is 0. The second kappa shape index (κ2) is 12.4. The first-order chi connectivity index (χ1) is 10.7. The summed E-state index contributed by atoms with van der Waals surface area (Å²) in [6.07, 6.45) is 9.85. The van der Waals surface area contributed by atoms with Crippen molar-refractivity contribution in [3.63, 3.8) is 0 Å². The first kappa shape index (κ1) is 23.0. The van der Waals surface area contributed by atoms with Gasteiger partial charge >= 0.3 is 7.82 Å². The SMILES string of the molecule is CCCCCCCCCCC([O-])C[N+](C)(C)CCOP(=O)(O)O. The fourth-order valence-electron chi connectivity index (χ4n) is 2.65. The highest BCUT2D eigenvalue weighted by Crippen LogP contribution is 2.35. The first-order valence-electron chi connectivity index (χ1n) is 8.84. The Morgan fingerprint density at radius 2 is 1.57 bits per heavy atom. The minimum atomic E-state index is -4.41. The van der Waals surface area contributed by atoms with Gasteiger partial charge in [-0.3, -0.25) is 4.52 Å². The normalized spacial score (nSPS) is 14.2. The lowest BCUT2D eigenvalue weighted by molar-refractivity contribution is -0.899. The Kier molecular flexibility index (Phi) is 12.4. The number of nitrogens with zero attached hydrogens (tertiary/aromatic N) is 1. The van der Waals surface area contributed by atoms with Crippen molar-refractivity contribution in [1.82, 2.24) is 0 Å². The molecule has 140 valence electrons. The molecule has 0 bridgehead atoms. The molecule has 0 spiro atoms. The molecule has 0 fully saturated rings. The zero-order valence-corrected chi connectivity index (χ0v) is 16.0. The van der Waals surface area contributed by atoms with Crippen molar-refractivity contribution in [1.29, 1.82) is 0 Å². The van der Waals surface area contributed by atoms with Gasteiger partial charge in [0, 0.05) is 0 Å². The molecule has 1 unspecified atom stereocenters. The number of phosphoric ester groups is 1. The molecular weight excluding hydrogens is 317 g/mol. The van der Waals surface area contributed by atoms with E-state index in [4.69, 9.17) is 9.79 Å². The maximum atomic E-state index is 12.1. The fourth-order valence-corrected chi connectivity index (χ4v) is 2.97. The van der Waals surface area contributed by atoms with Crippen LogP contribution in [-0.4, -0.2) is 54.2 Å². The van der Waals surface area contributed by atoms with Crippen molar-refractivity contribution in [3.8, 4) is 0 Å². The molecule has 0 heterocycles.